The van der Waals surface area contributed by atoms with Gasteiger partial charge in [-0.25, -0.2) is 0 Å². The van der Waals surface area contributed by atoms with E-state index in [4.69, 9.17) is 4.74 Å². The van der Waals surface area contributed by atoms with Crippen molar-refractivity contribution >= 4 is 21.8 Å². The fourth-order valence-electron chi connectivity index (χ4n) is 2.24. The average molecular weight is 326 g/mol. The maximum absolute atomic E-state index is 12.3. The van der Waals surface area contributed by atoms with Gasteiger partial charge in [0.1, 0.15) is 5.75 Å². The van der Waals surface area contributed by atoms with Crippen LogP contribution in [-0.2, 0) is 0 Å². The quantitative estimate of drug-likeness (QED) is 0.841. The van der Waals surface area contributed by atoms with Crippen LogP contribution in [-0.4, -0.2) is 30.5 Å². The summed E-state index contributed by atoms with van der Waals surface area (Å²) in [4.78, 5) is 14.3. The lowest BCUT2D eigenvalue weighted by molar-refractivity contribution is 0.0724. The van der Waals surface area contributed by atoms with Crippen molar-refractivity contribution in [1.82, 2.24) is 4.90 Å². The molecule has 0 aliphatic carbocycles. The normalized spacial score (nSPS) is 15.4. The van der Waals surface area contributed by atoms with Gasteiger partial charge in [-0.3, -0.25) is 4.79 Å². The van der Waals surface area contributed by atoms with Crippen LogP contribution in [0.4, 0.5) is 0 Å². The number of hydrogen-bond donors (Lipinski definition) is 0. The second kappa shape index (κ2) is 6.94. The summed E-state index contributed by atoms with van der Waals surface area (Å²) in [7, 11) is 0. The Balaban J connectivity index is 2.07. The van der Waals surface area contributed by atoms with Crippen LogP contribution in [0.3, 0.4) is 0 Å². The van der Waals surface area contributed by atoms with Crippen LogP contribution in [0.15, 0.2) is 22.7 Å². The van der Waals surface area contributed by atoms with Crippen molar-refractivity contribution < 1.29 is 9.53 Å². The third-order valence-electron chi connectivity index (χ3n) is 3.28. The molecular weight excluding hydrogens is 306 g/mol. The van der Waals surface area contributed by atoms with Gasteiger partial charge in [0.15, 0.2) is 0 Å². The summed E-state index contributed by atoms with van der Waals surface area (Å²) in [5, 5.41) is 0. The Kier molecular flexibility index (Phi) is 5.25. The number of nitrogens with zero attached hydrogens (tertiary/aromatic N) is 1. The summed E-state index contributed by atoms with van der Waals surface area (Å²) in [6.07, 6.45) is 4.44. The molecule has 19 heavy (non-hydrogen) atoms. The number of carbonyl (C=O) groups is 1. The number of amides is 1. The van der Waals surface area contributed by atoms with Gasteiger partial charge in [-0.2, -0.15) is 0 Å². The van der Waals surface area contributed by atoms with Crippen molar-refractivity contribution in [2.45, 2.75) is 32.6 Å². The topological polar surface area (TPSA) is 29.5 Å². The first-order valence-electron chi connectivity index (χ1n) is 6.94. The van der Waals surface area contributed by atoms with Crippen LogP contribution in [0.25, 0.3) is 0 Å². The van der Waals surface area contributed by atoms with E-state index < -0.39 is 0 Å². The minimum Gasteiger partial charge on any atom is -0.492 e. The van der Waals surface area contributed by atoms with Crippen LogP contribution in [0, 0.1) is 0 Å². The van der Waals surface area contributed by atoms with Crippen molar-refractivity contribution in [2.24, 2.45) is 0 Å². The van der Waals surface area contributed by atoms with Crippen LogP contribution in [0.1, 0.15) is 43.0 Å². The second-order valence-corrected chi connectivity index (χ2v) is 5.70. The standard InChI is InChI=1S/C15H20BrNO2/c1-2-10-19-14-7-6-12(11-13(14)16)15(18)17-8-4-3-5-9-17/h6-7,11H,2-5,8-10H2,1H3. The van der Waals surface area contributed by atoms with Gasteiger partial charge >= 0.3 is 0 Å². The predicted octanol–water partition coefficient (Wildman–Crippen LogP) is 3.86. The number of likely N-dealkylation sites (tertiary alicyclic amines) is 1. The fraction of sp³-hybridized carbons (Fsp3) is 0.533. The molecule has 1 heterocycles. The van der Waals surface area contributed by atoms with E-state index in [0.29, 0.717) is 6.61 Å². The minimum atomic E-state index is 0.127. The van der Waals surface area contributed by atoms with E-state index in [1.54, 1.807) is 0 Å². The zero-order valence-electron chi connectivity index (χ0n) is 11.3. The highest BCUT2D eigenvalue weighted by Crippen LogP contribution is 2.27. The van der Waals surface area contributed by atoms with Gasteiger partial charge in [-0.1, -0.05) is 6.92 Å². The molecule has 1 aromatic carbocycles. The number of benzene rings is 1. The summed E-state index contributed by atoms with van der Waals surface area (Å²) in [5.41, 5.74) is 0.734. The van der Waals surface area contributed by atoms with Gasteiger partial charge in [0.25, 0.3) is 5.91 Å². The van der Waals surface area contributed by atoms with E-state index in [1.165, 1.54) is 6.42 Å². The molecule has 1 fully saturated rings. The molecule has 0 atom stereocenters. The van der Waals surface area contributed by atoms with Gasteiger partial charge in [-0.15, -0.1) is 0 Å². The Morgan fingerprint density at radius 1 is 1.32 bits per heavy atom. The molecule has 3 nitrogen and oxygen atoms in total. The smallest absolute Gasteiger partial charge is 0.253 e. The van der Waals surface area contributed by atoms with E-state index in [1.807, 2.05) is 23.1 Å². The first kappa shape index (κ1) is 14.4. The largest absolute Gasteiger partial charge is 0.492 e. The average Bonchev–Trinajstić information content (AvgIpc) is 2.46. The van der Waals surface area contributed by atoms with Crippen LogP contribution >= 0.6 is 15.9 Å². The third kappa shape index (κ3) is 3.72. The number of ether oxygens (including phenoxy) is 1. The molecule has 1 saturated heterocycles. The first-order valence-corrected chi connectivity index (χ1v) is 7.73. The Bertz CT molecular complexity index is 442. The zero-order chi connectivity index (χ0) is 13.7. The molecule has 0 unspecified atom stereocenters. The summed E-state index contributed by atoms with van der Waals surface area (Å²) >= 11 is 3.47. The molecule has 0 N–H and O–H groups in total. The van der Waals surface area contributed by atoms with Crippen LogP contribution in [0.2, 0.25) is 0 Å². The third-order valence-corrected chi connectivity index (χ3v) is 3.90. The lowest BCUT2D eigenvalue weighted by Crippen LogP contribution is -2.35. The van der Waals surface area contributed by atoms with Crippen LogP contribution < -0.4 is 4.74 Å². The molecule has 0 aromatic heterocycles. The predicted molar refractivity (Wildman–Crippen MR) is 79.7 cm³/mol. The van der Waals surface area contributed by atoms with E-state index in [0.717, 1.165) is 48.1 Å². The van der Waals surface area contributed by atoms with Gasteiger partial charge in [0, 0.05) is 18.7 Å². The summed E-state index contributed by atoms with van der Waals surface area (Å²) in [5.74, 6) is 0.930. The molecular formula is C15H20BrNO2. The number of piperidine rings is 1. The van der Waals surface area contributed by atoms with Crippen molar-refractivity contribution in [2.75, 3.05) is 19.7 Å². The Morgan fingerprint density at radius 3 is 2.68 bits per heavy atom. The maximum Gasteiger partial charge on any atom is 0.253 e. The van der Waals surface area contributed by atoms with E-state index >= 15 is 0 Å². The molecule has 4 heteroatoms. The summed E-state index contributed by atoms with van der Waals surface area (Å²) in [6.45, 7) is 4.52. The fourth-order valence-corrected chi connectivity index (χ4v) is 2.74. The molecule has 0 spiro atoms. The molecule has 1 aromatic rings. The highest BCUT2D eigenvalue weighted by molar-refractivity contribution is 9.10. The van der Waals surface area contributed by atoms with Gasteiger partial charge < -0.3 is 9.64 Å². The van der Waals surface area contributed by atoms with Gasteiger partial charge in [0.2, 0.25) is 0 Å². The van der Waals surface area contributed by atoms with Crippen molar-refractivity contribution in [3.05, 3.63) is 28.2 Å². The SMILES string of the molecule is CCCOc1ccc(C(=O)N2CCCCC2)cc1Br. The second-order valence-electron chi connectivity index (χ2n) is 4.85. The zero-order valence-corrected chi connectivity index (χ0v) is 12.9. The van der Waals surface area contributed by atoms with Gasteiger partial charge in [0.05, 0.1) is 11.1 Å². The monoisotopic (exact) mass is 325 g/mol. The molecule has 1 amide bonds. The van der Waals surface area contributed by atoms with E-state index in [9.17, 15) is 4.79 Å². The van der Waals surface area contributed by atoms with Gasteiger partial charge in [-0.05, 0) is 59.8 Å². The minimum absolute atomic E-state index is 0.127. The summed E-state index contributed by atoms with van der Waals surface area (Å²) in [6, 6.07) is 5.59. The van der Waals surface area contributed by atoms with Crippen molar-refractivity contribution in [1.29, 1.82) is 0 Å². The molecule has 0 bridgehead atoms. The number of halogens is 1. The van der Waals surface area contributed by atoms with Crippen LogP contribution in [0.5, 0.6) is 5.75 Å². The van der Waals surface area contributed by atoms with Crippen molar-refractivity contribution in [3.8, 4) is 5.75 Å². The Hall–Kier alpha value is -1.03. The molecule has 1 aliphatic heterocycles. The van der Waals surface area contributed by atoms with E-state index in [-0.39, 0.29) is 5.91 Å². The maximum atomic E-state index is 12.3. The molecule has 1 aliphatic rings. The summed E-state index contributed by atoms with van der Waals surface area (Å²) < 4.78 is 6.45. The molecule has 0 radical (unpaired) electrons. The molecule has 0 saturated carbocycles. The number of carbonyl (C=O) groups excluding carboxylic acids is 1. The highest BCUT2D eigenvalue weighted by Gasteiger charge is 2.18. The Labute approximate surface area is 123 Å². The number of rotatable bonds is 4. The molecule has 104 valence electrons. The Morgan fingerprint density at radius 2 is 2.05 bits per heavy atom. The lowest BCUT2D eigenvalue weighted by Gasteiger charge is -2.26. The lowest BCUT2D eigenvalue weighted by atomic mass is 10.1. The van der Waals surface area contributed by atoms with Crippen molar-refractivity contribution in [3.63, 3.8) is 0 Å². The highest BCUT2D eigenvalue weighted by atomic mass is 79.9. The molecule has 2 rings (SSSR count). The first-order chi connectivity index (χ1) is 9.22. The van der Waals surface area contributed by atoms with E-state index in [2.05, 4.69) is 22.9 Å². The number of hydrogen-bond acceptors (Lipinski definition) is 2.